The Hall–Kier alpha value is -1.10. The van der Waals surface area contributed by atoms with Crippen molar-refractivity contribution >= 4 is 5.95 Å². The normalized spacial score (nSPS) is 17.1. The summed E-state index contributed by atoms with van der Waals surface area (Å²) in [5.41, 5.74) is 5.73. The molecule has 0 aromatic carbocycles. The molecule has 1 fully saturated rings. The molecule has 0 aliphatic carbocycles. The van der Waals surface area contributed by atoms with Crippen LogP contribution in [0.15, 0.2) is 4.52 Å². The third kappa shape index (κ3) is 2.95. The number of aromatic nitrogens is 2. The van der Waals surface area contributed by atoms with Gasteiger partial charge in [-0.3, -0.25) is 0 Å². The summed E-state index contributed by atoms with van der Waals surface area (Å²) in [5, 5.41) is 4.00. The van der Waals surface area contributed by atoms with Crippen LogP contribution in [0, 0.1) is 0 Å². The lowest BCUT2D eigenvalue weighted by Gasteiger charge is -2.16. The maximum Gasteiger partial charge on any atom is 0.266 e. The fourth-order valence-electron chi connectivity index (χ4n) is 1.82. The largest absolute Gasteiger partial charge is 0.338 e. The van der Waals surface area contributed by atoms with E-state index in [1.165, 1.54) is 12.8 Å². The minimum atomic E-state index is -0.178. The third-order valence-corrected chi connectivity index (χ3v) is 2.83. The third-order valence-electron chi connectivity index (χ3n) is 2.83. The van der Waals surface area contributed by atoms with Gasteiger partial charge in [0, 0.05) is 25.0 Å². The second-order valence-electron chi connectivity index (χ2n) is 5.17. The van der Waals surface area contributed by atoms with Gasteiger partial charge in [-0.25, -0.2) is 0 Å². The Balaban J connectivity index is 1.91. The monoisotopic (exact) mass is 224 g/mol. The molecule has 0 radical (unpaired) electrons. The highest BCUT2D eigenvalue weighted by atomic mass is 16.5. The van der Waals surface area contributed by atoms with E-state index in [1.54, 1.807) is 0 Å². The molecule has 0 unspecified atom stereocenters. The summed E-state index contributed by atoms with van der Waals surface area (Å²) in [6, 6.07) is 0. The second kappa shape index (κ2) is 4.41. The van der Waals surface area contributed by atoms with Gasteiger partial charge in [0.1, 0.15) is 0 Å². The quantitative estimate of drug-likeness (QED) is 0.835. The van der Waals surface area contributed by atoms with Crippen molar-refractivity contribution in [1.29, 1.82) is 0 Å². The van der Waals surface area contributed by atoms with Gasteiger partial charge in [-0.2, -0.15) is 4.98 Å². The molecule has 1 aromatic heterocycles. The molecule has 16 heavy (non-hydrogen) atoms. The van der Waals surface area contributed by atoms with Gasteiger partial charge in [-0.15, -0.1) is 0 Å². The van der Waals surface area contributed by atoms with Crippen LogP contribution in [0.3, 0.4) is 0 Å². The highest BCUT2D eigenvalue weighted by molar-refractivity contribution is 5.28. The van der Waals surface area contributed by atoms with Crippen LogP contribution >= 0.6 is 0 Å². The van der Waals surface area contributed by atoms with E-state index in [0.717, 1.165) is 31.9 Å². The van der Waals surface area contributed by atoms with Crippen molar-refractivity contribution in [2.75, 3.05) is 18.0 Å². The maximum absolute atomic E-state index is 5.91. The summed E-state index contributed by atoms with van der Waals surface area (Å²) in [6.07, 6.45) is 4.05. The van der Waals surface area contributed by atoms with Crippen molar-refractivity contribution in [3.63, 3.8) is 0 Å². The van der Waals surface area contributed by atoms with Crippen LogP contribution < -0.4 is 10.6 Å². The predicted molar refractivity (Wildman–Crippen MR) is 62.3 cm³/mol. The molecule has 1 saturated heterocycles. The van der Waals surface area contributed by atoms with Gasteiger partial charge in [-0.1, -0.05) is 0 Å². The molecule has 1 aliphatic heterocycles. The Morgan fingerprint density at radius 2 is 2.06 bits per heavy atom. The van der Waals surface area contributed by atoms with Crippen molar-refractivity contribution in [2.45, 2.75) is 45.1 Å². The smallest absolute Gasteiger partial charge is 0.266 e. The molecule has 2 heterocycles. The molecule has 0 bridgehead atoms. The number of hydrogen-bond acceptors (Lipinski definition) is 5. The molecule has 0 atom stereocenters. The van der Waals surface area contributed by atoms with Crippen LogP contribution in [-0.2, 0) is 6.42 Å². The van der Waals surface area contributed by atoms with Crippen LogP contribution in [0.25, 0.3) is 0 Å². The summed E-state index contributed by atoms with van der Waals surface area (Å²) in [7, 11) is 0. The zero-order valence-corrected chi connectivity index (χ0v) is 10.1. The van der Waals surface area contributed by atoms with Gasteiger partial charge in [0.2, 0.25) is 5.89 Å². The van der Waals surface area contributed by atoms with Gasteiger partial charge in [0.15, 0.2) is 0 Å². The van der Waals surface area contributed by atoms with E-state index in [2.05, 4.69) is 15.0 Å². The van der Waals surface area contributed by atoms with Crippen molar-refractivity contribution in [2.24, 2.45) is 5.73 Å². The van der Waals surface area contributed by atoms with E-state index in [0.29, 0.717) is 5.89 Å². The van der Waals surface area contributed by atoms with Crippen LogP contribution in [0.5, 0.6) is 0 Å². The first-order valence-electron chi connectivity index (χ1n) is 5.91. The molecular weight excluding hydrogens is 204 g/mol. The standard InChI is InChI=1S/C11H20N4O/c1-11(2,12)6-5-9-13-10(14-16-9)15-7-3-4-8-15/h3-8,12H2,1-2H3. The lowest BCUT2D eigenvalue weighted by Crippen LogP contribution is -2.32. The first kappa shape index (κ1) is 11.4. The van der Waals surface area contributed by atoms with E-state index in [9.17, 15) is 0 Å². The Kier molecular flexibility index (Phi) is 3.14. The summed E-state index contributed by atoms with van der Waals surface area (Å²) < 4.78 is 5.21. The fraction of sp³-hybridized carbons (Fsp3) is 0.818. The molecule has 1 aliphatic rings. The van der Waals surface area contributed by atoms with Gasteiger partial charge in [-0.05, 0) is 38.3 Å². The highest BCUT2D eigenvalue weighted by Gasteiger charge is 2.19. The predicted octanol–water partition coefficient (Wildman–Crippen LogP) is 1.34. The van der Waals surface area contributed by atoms with Crippen LogP contribution in [0.1, 0.15) is 39.0 Å². The average molecular weight is 224 g/mol. The van der Waals surface area contributed by atoms with Gasteiger partial charge in [0.05, 0.1) is 0 Å². The second-order valence-corrected chi connectivity index (χ2v) is 5.17. The Bertz CT molecular complexity index is 336. The molecule has 0 amide bonds. The van der Waals surface area contributed by atoms with Crippen molar-refractivity contribution in [3.8, 4) is 0 Å². The van der Waals surface area contributed by atoms with Crippen molar-refractivity contribution in [3.05, 3.63) is 5.89 Å². The van der Waals surface area contributed by atoms with E-state index >= 15 is 0 Å². The molecule has 0 spiro atoms. The van der Waals surface area contributed by atoms with E-state index in [1.807, 2.05) is 13.8 Å². The van der Waals surface area contributed by atoms with E-state index in [4.69, 9.17) is 10.3 Å². The fourth-order valence-corrected chi connectivity index (χ4v) is 1.82. The molecule has 5 nitrogen and oxygen atoms in total. The Morgan fingerprint density at radius 3 is 2.69 bits per heavy atom. The van der Waals surface area contributed by atoms with Crippen LogP contribution in [-0.4, -0.2) is 28.8 Å². The summed E-state index contributed by atoms with van der Waals surface area (Å²) >= 11 is 0. The topological polar surface area (TPSA) is 68.2 Å². The SMILES string of the molecule is CC(C)(N)CCc1nc(N2CCCC2)no1. The highest BCUT2D eigenvalue weighted by Crippen LogP contribution is 2.17. The zero-order valence-electron chi connectivity index (χ0n) is 10.1. The van der Waals surface area contributed by atoms with Crippen LogP contribution in [0.4, 0.5) is 5.95 Å². The minimum Gasteiger partial charge on any atom is -0.338 e. The van der Waals surface area contributed by atoms with E-state index in [-0.39, 0.29) is 5.54 Å². The molecule has 5 heteroatoms. The van der Waals surface area contributed by atoms with Crippen LogP contribution in [0.2, 0.25) is 0 Å². The van der Waals surface area contributed by atoms with E-state index < -0.39 is 0 Å². The lowest BCUT2D eigenvalue weighted by atomic mass is 10.0. The molecule has 1 aromatic rings. The average Bonchev–Trinajstić information content (AvgIpc) is 2.84. The number of nitrogens with two attached hydrogens (primary N) is 1. The number of aryl methyl sites for hydroxylation is 1. The number of rotatable bonds is 4. The molecule has 2 rings (SSSR count). The summed E-state index contributed by atoms with van der Waals surface area (Å²) in [6.45, 7) is 6.10. The first-order chi connectivity index (χ1) is 7.54. The first-order valence-corrected chi connectivity index (χ1v) is 5.91. The molecule has 90 valence electrons. The van der Waals surface area contributed by atoms with Crippen molar-refractivity contribution < 1.29 is 4.52 Å². The molecule has 2 N–H and O–H groups in total. The number of nitrogens with zero attached hydrogens (tertiary/aromatic N) is 3. The number of hydrogen-bond donors (Lipinski definition) is 1. The Morgan fingerprint density at radius 1 is 1.38 bits per heavy atom. The summed E-state index contributed by atoms with van der Waals surface area (Å²) in [5.74, 6) is 1.43. The lowest BCUT2D eigenvalue weighted by molar-refractivity contribution is 0.357. The van der Waals surface area contributed by atoms with Gasteiger partial charge in [0.25, 0.3) is 5.95 Å². The van der Waals surface area contributed by atoms with Crippen molar-refractivity contribution in [1.82, 2.24) is 10.1 Å². The van der Waals surface area contributed by atoms with Gasteiger partial charge >= 0.3 is 0 Å². The Labute approximate surface area is 96.0 Å². The van der Waals surface area contributed by atoms with Gasteiger partial charge < -0.3 is 15.2 Å². The number of anilines is 1. The minimum absolute atomic E-state index is 0.178. The zero-order chi connectivity index (χ0) is 11.6. The molecule has 0 saturated carbocycles. The maximum atomic E-state index is 5.91. The summed E-state index contributed by atoms with van der Waals surface area (Å²) in [4.78, 5) is 6.56. The molecular formula is C11H20N4O.